The van der Waals surface area contributed by atoms with Gasteiger partial charge in [0.1, 0.15) is 18.4 Å². The van der Waals surface area contributed by atoms with Crippen LogP contribution in [0.15, 0.2) is 53.8 Å². The number of nitriles is 1. The predicted octanol–water partition coefficient (Wildman–Crippen LogP) is 8.81. The molecule has 0 amide bonds. The number of nitrogens with zero attached hydrogens (tertiary/aromatic N) is 3. The van der Waals surface area contributed by atoms with Crippen molar-refractivity contribution in [2.24, 2.45) is 0 Å². The maximum Gasteiger partial charge on any atom is 0.191 e. The van der Waals surface area contributed by atoms with E-state index in [1.165, 1.54) is 11.8 Å². The summed E-state index contributed by atoms with van der Waals surface area (Å²) in [6.45, 7) is 17.0. The molecule has 9 heteroatoms. The first-order valence-corrected chi connectivity index (χ1v) is 18.4. The van der Waals surface area contributed by atoms with Crippen LogP contribution in [0.4, 0.5) is 0 Å². The van der Waals surface area contributed by atoms with Gasteiger partial charge < -0.3 is 13.9 Å². The van der Waals surface area contributed by atoms with Crippen LogP contribution in [0.3, 0.4) is 0 Å². The van der Waals surface area contributed by atoms with E-state index in [0.717, 1.165) is 47.2 Å². The number of thioether (sulfide) groups is 1. The maximum atomic E-state index is 9.90. The highest BCUT2D eigenvalue weighted by atomic mass is 35.5. The minimum atomic E-state index is -1.75. The largest absolute Gasteiger partial charge is 0.491 e. The Morgan fingerprint density at radius 1 is 0.951 bits per heavy atom. The average molecular weight is 612 g/mol. The van der Waals surface area contributed by atoms with Crippen LogP contribution in [0.1, 0.15) is 69.8 Å². The van der Waals surface area contributed by atoms with Crippen molar-refractivity contribution in [2.45, 2.75) is 82.8 Å². The molecule has 0 N–H and O–H groups in total. The molecule has 0 bridgehead atoms. The Bertz CT molecular complexity index is 1350. The highest BCUT2D eigenvalue weighted by Gasteiger charge is 2.36. The second-order valence-corrected chi connectivity index (χ2v) is 18.1. The number of rotatable bonds is 13. The van der Waals surface area contributed by atoms with E-state index in [-0.39, 0.29) is 5.04 Å². The van der Waals surface area contributed by atoms with Gasteiger partial charge in [0.15, 0.2) is 19.2 Å². The van der Waals surface area contributed by atoms with E-state index in [2.05, 4.69) is 63.7 Å². The van der Waals surface area contributed by atoms with Crippen LogP contribution in [-0.4, -0.2) is 37.8 Å². The summed E-state index contributed by atoms with van der Waals surface area (Å²) in [5, 5.41) is 11.3. The van der Waals surface area contributed by atoms with Gasteiger partial charge in [-0.15, -0.1) is 0 Å². The standard InChI is InChI=1S/C32H42ClN3O3SSi/c1-31(2,3)41(7,8)39-18-10-9-17-37-29-23(21-34)19-25(20-28(29)33)32(4,5)24-11-13-27(14-12-24)38-22-26-15-16-35-30(36-26)40-6/h11-16,19-20H,9-10,17-18,22H2,1-8H3. The second-order valence-electron chi connectivity index (χ2n) is 12.1. The zero-order valence-corrected chi connectivity index (χ0v) is 28.1. The van der Waals surface area contributed by atoms with Gasteiger partial charge >= 0.3 is 0 Å². The minimum absolute atomic E-state index is 0.195. The molecule has 3 rings (SSSR count). The lowest BCUT2D eigenvalue weighted by Gasteiger charge is -2.36. The number of hydrogen-bond donors (Lipinski definition) is 0. The molecule has 2 aromatic carbocycles. The number of unbranched alkanes of at least 4 members (excludes halogenated alkanes) is 1. The van der Waals surface area contributed by atoms with Crippen molar-refractivity contribution < 1.29 is 13.9 Å². The van der Waals surface area contributed by atoms with E-state index in [4.69, 9.17) is 25.5 Å². The molecule has 41 heavy (non-hydrogen) atoms. The summed E-state index contributed by atoms with van der Waals surface area (Å²) in [4.78, 5) is 8.65. The van der Waals surface area contributed by atoms with Crippen molar-refractivity contribution in [3.05, 3.63) is 76.1 Å². The first kappa shape index (κ1) is 32.9. The normalized spacial score (nSPS) is 12.2. The van der Waals surface area contributed by atoms with E-state index in [1.807, 2.05) is 48.7 Å². The molecule has 0 aliphatic rings. The van der Waals surface area contributed by atoms with Gasteiger partial charge in [0.25, 0.3) is 0 Å². The Labute approximate surface area is 255 Å². The van der Waals surface area contributed by atoms with Gasteiger partial charge in [0, 0.05) is 18.2 Å². The number of ether oxygens (including phenoxy) is 2. The molecule has 0 aliphatic heterocycles. The maximum absolute atomic E-state index is 9.90. The Hall–Kier alpha value is -2.57. The molecule has 0 fully saturated rings. The topological polar surface area (TPSA) is 77.3 Å². The fourth-order valence-corrected chi connectivity index (χ4v) is 5.69. The zero-order chi connectivity index (χ0) is 30.3. The number of halogens is 1. The molecular formula is C32H42ClN3O3SSi. The van der Waals surface area contributed by atoms with Crippen molar-refractivity contribution in [3.8, 4) is 17.6 Å². The van der Waals surface area contributed by atoms with E-state index in [1.54, 1.807) is 6.20 Å². The smallest absolute Gasteiger partial charge is 0.191 e. The summed E-state index contributed by atoms with van der Waals surface area (Å²) in [6.07, 6.45) is 5.41. The Morgan fingerprint density at radius 2 is 1.63 bits per heavy atom. The lowest BCUT2D eigenvalue weighted by molar-refractivity contribution is 0.252. The molecule has 1 aromatic heterocycles. The quantitative estimate of drug-likeness (QED) is 0.0827. The zero-order valence-electron chi connectivity index (χ0n) is 25.5. The Balaban J connectivity index is 1.62. The summed E-state index contributed by atoms with van der Waals surface area (Å²) in [7, 11) is -1.75. The van der Waals surface area contributed by atoms with Crippen molar-refractivity contribution in [3.63, 3.8) is 0 Å². The van der Waals surface area contributed by atoms with Gasteiger partial charge in [-0.2, -0.15) is 5.26 Å². The number of aromatic nitrogens is 2. The molecular weight excluding hydrogens is 570 g/mol. The van der Waals surface area contributed by atoms with Gasteiger partial charge in [-0.1, -0.05) is 70.1 Å². The van der Waals surface area contributed by atoms with Crippen LogP contribution < -0.4 is 9.47 Å². The minimum Gasteiger partial charge on any atom is -0.491 e. The van der Waals surface area contributed by atoms with Crippen LogP contribution in [0.5, 0.6) is 11.5 Å². The monoisotopic (exact) mass is 611 g/mol. The fraction of sp³-hybridized carbons (Fsp3) is 0.469. The molecule has 0 radical (unpaired) electrons. The fourth-order valence-electron chi connectivity index (χ4n) is 3.95. The van der Waals surface area contributed by atoms with Crippen molar-refractivity contribution in [1.29, 1.82) is 5.26 Å². The molecule has 0 unspecified atom stereocenters. The molecule has 0 saturated heterocycles. The summed E-state index contributed by atoms with van der Waals surface area (Å²) in [5.41, 5.74) is 2.88. The molecule has 3 aromatic rings. The molecule has 6 nitrogen and oxygen atoms in total. The SMILES string of the molecule is CSc1nccc(COc2ccc(C(C)(C)c3cc(Cl)c(OCCCCO[Si](C)(C)C(C)(C)C)c(C#N)c3)cc2)n1. The lowest BCUT2D eigenvalue weighted by Crippen LogP contribution is -2.41. The summed E-state index contributed by atoms with van der Waals surface area (Å²) < 4.78 is 18.2. The van der Waals surface area contributed by atoms with Gasteiger partial charge in [-0.05, 0) is 78.7 Å². The van der Waals surface area contributed by atoms with E-state index in [9.17, 15) is 5.26 Å². The third-order valence-electron chi connectivity index (χ3n) is 7.78. The number of hydrogen-bond acceptors (Lipinski definition) is 7. The molecule has 0 spiro atoms. The Morgan fingerprint density at radius 3 is 2.27 bits per heavy atom. The summed E-state index contributed by atoms with van der Waals surface area (Å²) >= 11 is 8.18. The number of benzene rings is 2. The third-order valence-corrected chi connectivity index (χ3v) is 13.2. The van der Waals surface area contributed by atoms with Crippen LogP contribution in [0.2, 0.25) is 23.2 Å². The van der Waals surface area contributed by atoms with E-state index in [0.29, 0.717) is 29.5 Å². The van der Waals surface area contributed by atoms with Crippen LogP contribution in [0, 0.1) is 11.3 Å². The van der Waals surface area contributed by atoms with Gasteiger partial charge in [-0.25, -0.2) is 9.97 Å². The third kappa shape index (κ3) is 8.71. The van der Waals surface area contributed by atoms with E-state index < -0.39 is 13.7 Å². The molecule has 0 saturated carbocycles. The van der Waals surface area contributed by atoms with Gasteiger partial charge in [0.2, 0.25) is 0 Å². The average Bonchev–Trinajstić information content (AvgIpc) is 2.93. The highest BCUT2D eigenvalue weighted by molar-refractivity contribution is 7.98. The highest BCUT2D eigenvalue weighted by Crippen LogP contribution is 2.39. The molecule has 1 heterocycles. The predicted molar refractivity (Wildman–Crippen MR) is 171 cm³/mol. The van der Waals surface area contributed by atoms with Crippen molar-refractivity contribution >= 4 is 31.7 Å². The lowest BCUT2D eigenvalue weighted by atomic mass is 9.77. The molecule has 0 atom stereocenters. The van der Waals surface area contributed by atoms with Gasteiger partial charge in [0.05, 0.1) is 22.9 Å². The first-order valence-electron chi connectivity index (χ1n) is 13.9. The summed E-state index contributed by atoms with van der Waals surface area (Å²) in [5.74, 6) is 1.19. The first-order chi connectivity index (χ1) is 19.3. The van der Waals surface area contributed by atoms with Crippen molar-refractivity contribution in [2.75, 3.05) is 19.5 Å². The van der Waals surface area contributed by atoms with Crippen LogP contribution in [0.25, 0.3) is 0 Å². The van der Waals surface area contributed by atoms with Crippen molar-refractivity contribution in [1.82, 2.24) is 9.97 Å². The molecule has 220 valence electrons. The molecule has 0 aliphatic carbocycles. The van der Waals surface area contributed by atoms with Crippen LogP contribution in [-0.2, 0) is 16.4 Å². The van der Waals surface area contributed by atoms with Gasteiger partial charge in [-0.3, -0.25) is 0 Å². The summed E-state index contributed by atoms with van der Waals surface area (Å²) in [6, 6.07) is 15.9. The van der Waals surface area contributed by atoms with Crippen LogP contribution >= 0.6 is 23.4 Å². The van der Waals surface area contributed by atoms with E-state index >= 15 is 0 Å². The Kier molecular flexibility index (Phi) is 11.3. The second kappa shape index (κ2) is 14.1.